The maximum Gasteiger partial charge on any atom is 0.261 e. The van der Waals surface area contributed by atoms with Crippen LogP contribution in [0.3, 0.4) is 0 Å². The molecule has 6 heteroatoms. The van der Waals surface area contributed by atoms with Gasteiger partial charge in [0.15, 0.2) is 0 Å². The fourth-order valence-electron chi connectivity index (χ4n) is 2.44. The highest BCUT2D eigenvalue weighted by Crippen LogP contribution is 2.07. The van der Waals surface area contributed by atoms with E-state index in [9.17, 15) is 9.59 Å². The normalized spacial score (nSPS) is 11.3. The van der Waals surface area contributed by atoms with Crippen LogP contribution in [0.15, 0.2) is 77.2 Å². The summed E-state index contributed by atoms with van der Waals surface area (Å²) in [5.74, 6) is -0.420. The predicted octanol–water partition coefficient (Wildman–Crippen LogP) is 2.85. The zero-order valence-electron chi connectivity index (χ0n) is 14.2. The first kappa shape index (κ1) is 17.8. The molecule has 2 aromatic heterocycles. The van der Waals surface area contributed by atoms with Crippen molar-refractivity contribution in [1.29, 1.82) is 0 Å². The second-order valence-corrected chi connectivity index (χ2v) is 6.61. The van der Waals surface area contributed by atoms with Gasteiger partial charge >= 0.3 is 0 Å². The van der Waals surface area contributed by atoms with Gasteiger partial charge in [-0.05, 0) is 29.1 Å². The molecule has 0 bridgehead atoms. The van der Waals surface area contributed by atoms with Crippen molar-refractivity contribution >= 4 is 23.2 Å². The lowest BCUT2D eigenvalue weighted by Crippen LogP contribution is -2.26. The Morgan fingerprint density at radius 3 is 2.58 bits per heavy atom. The van der Waals surface area contributed by atoms with E-state index in [2.05, 4.69) is 10.3 Å². The number of amides is 2. The smallest absolute Gasteiger partial charge is 0.261 e. The van der Waals surface area contributed by atoms with Crippen molar-refractivity contribution in [1.82, 2.24) is 9.88 Å². The molecule has 0 aliphatic rings. The number of rotatable bonds is 6. The molecule has 0 aliphatic carbocycles. The Bertz CT molecular complexity index is 931. The summed E-state index contributed by atoms with van der Waals surface area (Å²) in [7, 11) is 0. The van der Waals surface area contributed by atoms with Gasteiger partial charge in [-0.2, -0.15) is 4.99 Å². The van der Waals surface area contributed by atoms with Crippen molar-refractivity contribution in [3.8, 4) is 0 Å². The number of carbonyl (C=O) groups excluding carboxylic acids is 2. The number of nitrogens with one attached hydrogen (secondary N) is 1. The Morgan fingerprint density at radius 1 is 1.00 bits per heavy atom. The van der Waals surface area contributed by atoms with E-state index in [0.29, 0.717) is 16.9 Å². The predicted molar refractivity (Wildman–Crippen MR) is 102 cm³/mol. The number of pyridine rings is 1. The van der Waals surface area contributed by atoms with Gasteiger partial charge in [-0.15, -0.1) is 11.3 Å². The molecule has 0 fully saturated rings. The van der Waals surface area contributed by atoms with Gasteiger partial charge in [0, 0.05) is 25.7 Å². The molecule has 0 aliphatic heterocycles. The van der Waals surface area contributed by atoms with Crippen LogP contribution >= 0.6 is 11.3 Å². The van der Waals surface area contributed by atoms with Crippen molar-refractivity contribution in [2.45, 2.75) is 13.0 Å². The molecule has 132 valence electrons. The van der Waals surface area contributed by atoms with Gasteiger partial charge in [0.25, 0.3) is 5.91 Å². The minimum Gasteiger partial charge on any atom is -0.351 e. The average Bonchev–Trinajstić information content (AvgIpc) is 3.19. The van der Waals surface area contributed by atoms with E-state index in [1.807, 2.05) is 70.7 Å². The highest BCUT2D eigenvalue weighted by Gasteiger charge is 2.07. The maximum atomic E-state index is 12.2. The highest BCUT2D eigenvalue weighted by atomic mass is 32.1. The number of hydrogen-bond acceptors (Lipinski definition) is 3. The van der Waals surface area contributed by atoms with Gasteiger partial charge in [0.2, 0.25) is 5.91 Å². The first-order valence-electron chi connectivity index (χ1n) is 8.31. The Kier molecular flexibility index (Phi) is 6.11. The molecular weight excluding hydrogens is 346 g/mol. The van der Waals surface area contributed by atoms with Crippen LogP contribution in [0.5, 0.6) is 0 Å². The molecular formula is C20H19N3O2S. The first-order chi connectivity index (χ1) is 12.7. The standard InChI is InChI=1S/C20H19N3O2S/c24-19(11-12-21-20(25)17-9-6-14-26-17)22-18-10-4-5-13-23(18)15-16-7-2-1-3-8-16/h1-10,13-14H,11-12,15H2,(H,21,25). The summed E-state index contributed by atoms with van der Waals surface area (Å²) in [5, 5.41) is 4.58. The molecule has 3 rings (SSSR count). The molecule has 0 saturated carbocycles. The van der Waals surface area contributed by atoms with Crippen molar-refractivity contribution < 1.29 is 9.59 Å². The van der Waals surface area contributed by atoms with Crippen molar-refractivity contribution in [3.05, 3.63) is 88.2 Å². The van der Waals surface area contributed by atoms with E-state index in [0.717, 1.165) is 5.56 Å². The minimum atomic E-state index is -0.260. The monoisotopic (exact) mass is 365 g/mol. The second-order valence-electron chi connectivity index (χ2n) is 5.66. The number of hydrogen-bond donors (Lipinski definition) is 1. The van der Waals surface area contributed by atoms with Gasteiger partial charge < -0.3 is 9.88 Å². The van der Waals surface area contributed by atoms with Gasteiger partial charge in [-0.1, -0.05) is 42.5 Å². The van der Waals surface area contributed by atoms with Crippen LogP contribution in [0.4, 0.5) is 0 Å². The summed E-state index contributed by atoms with van der Waals surface area (Å²) in [4.78, 5) is 28.8. The number of aromatic nitrogens is 1. The zero-order chi connectivity index (χ0) is 18.2. The van der Waals surface area contributed by atoms with Crippen molar-refractivity contribution in [2.75, 3.05) is 6.54 Å². The van der Waals surface area contributed by atoms with Crippen LogP contribution in [-0.2, 0) is 11.3 Å². The third-order valence-electron chi connectivity index (χ3n) is 3.72. The summed E-state index contributed by atoms with van der Waals surface area (Å²) in [5.41, 5.74) is 1.74. The second kappa shape index (κ2) is 8.92. The van der Waals surface area contributed by atoms with Gasteiger partial charge in [0.05, 0.1) is 4.88 Å². The molecule has 5 nitrogen and oxygen atoms in total. The third-order valence-corrected chi connectivity index (χ3v) is 4.59. The first-order valence-corrected chi connectivity index (χ1v) is 9.19. The molecule has 0 spiro atoms. The summed E-state index contributed by atoms with van der Waals surface area (Å²) in [6, 6.07) is 19.2. The largest absolute Gasteiger partial charge is 0.351 e. The zero-order valence-corrected chi connectivity index (χ0v) is 15.0. The van der Waals surface area contributed by atoms with Crippen molar-refractivity contribution in [2.24, 2.45) is 4.99 Å². The Labute approximate surface area is 155 Å². The fourth-order valence-corrected chi connectivity index (χ4v) is 3.08. The van der Waals surface area contributed by atoms with Crippen LogP contribution in [0.25, 0.3) is 0 Å². The summed E-state index contributed by atoms with van der Waals surface area (Å²) < 4.78 is 1.93. The quantitative estimate of drug-likeness (QED) is 0.730. The molecule has 0 unspecified atom stereocenters. The molecule has 2 heterocycles. The average molecular weight is 365 g/mol. The molecule has 0 radical (unpaired) electrons. The molecule has 1 aromatic carbocycles. The van der Waals surface area contributed by atoms with Crippen molar-refractivity contribution in [3.63, 3.8) is 0 Å². The molecule has 3 aromatic rings. The Morgan fingerprint density at radius 2 is 1.81 bits per heavy atom. The maximum absolute atomic E-state index is 12.2. The van der Waals surface area contributed by atoms with Gasteiger partial charge in [0.1, 0.15) is 5.49 Å². The SMILES string of the molecule is O=C(CCNC(=O)c1cccs1)N=c1ccccn1Cc1ccccc1. The van der Waals surface area contributed by atoms with Gasteiger partial charge in [-0.3, -0.25) is 9.59 Å². The molecule has 26 heavy (non-hydrogen) atoms. The highest BCUT2D eigenvalue weighted by molar-refractivity contribution is 7.12. The minimum absolute atomic E-state index is 0.161. The summed E-state index contributed by atoms with van der Waals surface area (Å²) >= 11 is 1.37. The summed E-state index contributed by atoms with van der Waals surface area (Å²) in [6.45, 7) is 0.910. The van der Waals surface area contributed by atoms with E-state index >= 15 is 0 Å². The van der Waals surface area contributed by atoms with Gasteiger partial charge in [-0.25, -0.2) is 0 Å². The number of thiophene rings is 1. The lowest BCUT2D eigenvalue weighted by atomic mass is 10.2. The Hall–Kier alpha value is -2.99. The van der Waals surface area contributed by atoms with E-state index in [1.54, 1.807) is 6.07 Å². The Balaban J connectivity index is 1.62. The van der Waals surface area contributed by atoms with E-state index in [-0.39, 0.29) is 24.8 Å². The van der Waals surface area contributed by atoms with E-state index in [1.165, 1.54) is 11.3 Å². The van der Waals surface area contributed by atoms with Crippen LogP contribution in [0.2, 0.25) is 0 Å². The van der Waals surface area contributed by atoms with Crippen LogP contribution in [0.1, 0.15) is 21.7 Å². The fraction of sp³-hybridized carbons (Fsp3) is 0.150. The molecule has 2 amide bonds. The number of nitrogens with zero attached hydrogens (tertiary/aromatic N) is 2. The topological polar surface area (TPSA) is 63.5 Å². The molecule has 0 saturated heterocycles. The van der Waals surface area contributed by atoms with Crippen LogP contribution in [0, 0.1) is 0 Å². The van der Waals surface area contributed by atoms with Crippen LogP contribution in [-0.4, -0.2) is 22.9 Å². The van der Waals surface area contributed by atoms with E-state index < -0.39 is 0 Å². The van der Waals surface area contributed by atoms with E-state index in [4.69, 9.17) is 0 Å². The third kappa shape index (κ3) is 5.00. The lowest BCUT2D eigenvalue weighted by Gasteiger charge is -2.07. The number of carbonyl (C=O) groups is 2. The summed E-state index contributed by atoms with van der Waals surface area (Å²) in [6.07, 6.45) is 2.06. The lowest BCUT2D eigenvalue weighted by molar-refractivity contribution is -0.118. The molecule has 1 N–H and O–H groups in total. The van der Waals surface area contributed by atoms with Crippen LogP contribution < -0.4 is 10.8 Å². The molecule has 0 atom stereocenters. The number of benzene rings is 1.